The number of unbranched alkanes of at least 4 members (excludes halogenated alkanes) is 4. The zero-order valence-electron chi connectivity index (χ0n) is 21.6. The fourth-order valence-corrected chi connectivity index (χ4v) is 3.34. The molecule has 37 heavy (non-hydrogen) atoms. The van der Waals surface area contributed by atoms with Crippen LogP contribution in [0.5, 0.6) is 11.5 Å². The van der Waals surface area contributed by atoms with Gasteiger partial charge >= 0.3 is 11.9 Å². The molecule has 0 aliphatic rings. The monoisotopic (exact) mass is 506 g/mol. The van der Waals surface area contributed by atoms with Crippen molar-refractivity contribution in [1.29, 1.82) is 5.26 Å². The summed E-state index contributed by atoms with van der Waals surface area (Å²) in [5.74, 6) is -0.718. The lowest BCUT2D eigenvalue weighted by atomic mass is 10.1. The normalized spacial score (nSPS) is 11.4. The van der Waals surface area contributed by atoms with Crippen LogP contribution < -0.4 is 14.8 Å². The fourth-order valence-electron chi connectivity index (χ4n) is 3.34. The number of rotatable bonds is 14. The lowest BCUT2D eigenvalue weighted by Gasteiger charge is -2.10. The van der Waals surface area contributed by atoms with Crippen LogP contribution in [0.2, 0.25) is 0 Å². The van der Waals surface area contributed by atoms with Crippen LogP contribution in [0.15, 0.2) is 48.5 Å². The second kappa shape index (κ2) is 15.8. The van der Waals surface area contributed by atoms with Crippen molar-refractivity contribution in [2.24, 2.45) is 0 Å². The molecule has 0 radical (unpaired) electrons. The van der Waals surface area contributed by atoms with Crippen LogP contribution in [0.25, 0.3) is 6.08 Å². The molecular weight excluding hydrogens is 472 g/mol. The highest BCUT2D eigenvalue weighted by Gasteiger charge is 2.15. The van der Waals surface area contributed by atoms with Crippen molar-refractivity contribution in [3.63, 3.8) is 0 Å². The average molecular weight is 507 g/mol. The van der Waals surface area contributed by atoms with Crippen LogP contribution in [0.1, 0.15) is 74.4 Å². The lowest BCUT2D eigenvalue weighted by Crippen LogP contribution is -2.38. The summed E-state index contributed by atoms with van der Waals surface area (Å²) in [6.07, 6.45) is 8.44. The number of hydrogen-bond donors (Lipinski definition) is 1. The zero-order valence-corrected chi connectivity index (χ0v) is 21.6. The Kier molecular flexibility index (Phi) is 12.4. The molecule has 1 amide bonds. The van der Waals surface area contributed by atoms with E-state index < -0.39 is 23.9 Å². The Balaban J connectivity index is 1.92. The number of nitrogens with zero attached hydrogens (tertiary/aromatic N) is 1. The number of ether oxygens (including phenoxy) is 3. The SMILES string of the molecule is CCCCCCCOc1ccc(C(=O)Oc2ccc(/C=C/C(=O)N[C@@H](C)C(=O)OCC)c(C#N)c2)cc1. The van der Waals surface area contributed by atoms with Gasteiger partial charge in [-0.3, -0.25) is 4.79 Å². The summed E-state index contributed by atoms with van der Waals surface area (Å²) >= 11 is 0. The molecule has 0 heterocycles. The summed E-state index contributed by atoms with van der Waals surface area (Å²) in [6.45, 7) is 6.23. The molecule has 2 aromatic carbocycles. The maximum Gasteiger partial charge on any atom is 0.343 e. The van der Waals surface area contributed by atoms with Crippen LogP contribution in [-0.2, 0) is 14.3 Å². The number of amides is 1. The molecule has 0 spiro atoms. The van der Waals surface area contributed by atoms with E-state index in [0.717, 1.165) is 12.8 Å². The van der Waals surface area contributed by atoms with E-state index in [1.807, 2.05) is 6.07 Å². The number of nitrogens with one attached hydrogen (secondary N) is 1. The van der Waals surface area contributed by atoms with Gasteiger partial charge in [0.2, 0.25) is 5.91 Å². The predicted molar refractivity (Wildman–Crippen MR) is 140 cm³/mol. The minimum absolute atomic E-state index is 0.200. The van der Waals surface area contributed by atoms with Crippen molar-refractivity contribution in [2.75, 3.05) is 13.2 Å². The van der Waals surface area contributed by atoms with Gasteiger partial charge in [-0.25, -0.2) is 9.59 Å². The van der Waals surface area contributed by atoms with Crippen molar-refractivity contribution >= 4 is 23.9 Å². The van der Waals surface area contributed by atoms with Gasteiger partial charge in [-0.1, -0.05) is 32.6 Å². The topological polar surface area (TPSA) is 115 Å². The molecule has 0 aromatic heterocycles. The molecule has 8 heteroatoms. The molecule has 0 aliphatic carbocycles. The van der Waals surface area contributed by atoms with Gasteiger partial charge in [0.05, 0.1) is 30.4 Å². The van der Waals surface area contributed by atoms with Crippen LogP contribution in [-0.4, -0.2) is 37.1 Å². The standard InChI is InChI=1S/C29H34N2O6/c1-4-6-7-8-9-18-36-25-14-11-23(12-15-25)29(34)37-26-16-10-22(24(19-26)20-30)13-17-27(32)31-21(3)28(33)35-5-2/h10-17,19,21H,4-9,18H2,1-3H3,(H,31,32)/b17-13+/t21-/m0/s1. The van der Waals surface area contributed by atoms with E-state index in [0.29, 0.717) is 23.5 Å². The summed E-state index contributed by atoms with van der Waals surface area (Å²) in [5.41, 5.74) is 1.03. The molecule has 0 aliphatic heterocycles. The van der Waals surface area contributed by atoms with E-state index >= 15 is 0 Å². The summed E-state index contributed by atoms with van der Waals surface area (Å²) in [4.78, 5) is 36.2. The first-order valence-corrected chi connectivity index (χ1v) is 12.5. The number of nitriles is 1. The van der Waals surface area contributed by atoms with E-state index in [-0.39, 0.29) is 17.9 Å². The summed E-state index contributed by atoms with van der Waals surface area (Å²) in [6, 6.07) is 12.5. The maximum atomic E-state index is 12.5. The van der Waals surface area contributed by atoms with Gasteiger partial charge in [-0.2, -0.15) is 5.26 Å². The number of carbonyl (C=O) groups is 3. The summed E-state index contributed by atoms with van der Waals surface area (Å²) < 4.78 is 16.0. The average Bonchev–Trinajstić information content (AvgIpc) is 2.90. The van der Waals surface area contributed by atoms with Crippen molar-refractivity contribution in [3.8, 4) is 17.6 Å². The van der Waals surface area contributed by atoms with Crippen molar-refractivity contribution in [2.45, 2.75) is 58.9 Å². The van der Waals surface area contributed by atoms with Gasteiger partial charge in [0.15, 0.2) is 0 Å². The second-order valence-electron chi connectivity index (χ2n) is 8.35. The molecule has 0 bridgehead atoms. The van der Waals surface area contributed by atoms with Gasteiger partial charge in [-0.15, -0.1) is 0 Å². The van der Waals surface area contributed by atoms with Crippen LogP contribution >= 0.6 is 0 Å². The van der Waals surface area contributed by atoms with E-state index in [2.05, 4.69) is 12.2 Å². The van der Waals surface area contributed by atoms with E-state index in [1.165, 1.54) is 50.5 Å². The molecule has 196 valence electrons. The van der Waals surface area contributed by atoms with E-state index in [4.69, 9.17) is 14.2 Å². The zero-order chi connectivity index (χ0) is 27.0. The Morgan fingerprint density at radius 1 is 1.00 bits per heavy atom. The summed E-state index contributed by atoms with van der Waals surface area (Å²) in [7, 11) is 0. The first kappa shape index (κ1) is 29.1. The number of benzene rings is 2. The Hall–Kier alpha value is -4.12. The smallest absolute Gasteiger partial charge is 0.343 e. The number of hydrogen-bond acceptors (Lipinski definition) is 7. The van der Waals surface area contributed by atoms with Crippen LogP contribution in [0.3, 0.4) is 0 Å². The third kappa shape index (κ3) is 10.2. The molecule has 0 fully saturated rings. The van der Waals surface area contributed by atoms with Crippen molar-refractivity contribution in [3.05, 3.63) is 65.2 Å². The Labute approximate surface area is 218 Å². The molecule has 8 nitrogen and oxygen atoms in total. The third-order valence-corrected chi connectivity index (χ3v) is 5.38. The molecule has 0 saturated carbocycles. The molecule has 1 atom stereocenters. The Morgan fingerprint density at radius 2 is 1.70 bits per heavy atom. The van der Waals surface area contributed by atoms with Crippen molar-refractivity contribution < 1.29 is 28.6 Å². The fraction of sp³-hybridized carbons (Fsp3) is 0.379. The van der Waals surface area contributed by atoms with Gasteiger partial charge in [0.1, 0.15) is 17.5 Å². The second-order valence-corrected chi connectivity index (χ2v) is 8.35. The Morgan fingerprint density at radius 3 is 2.38 bits per heavy atom. The molecule has 0 saturated heterocycles. The third-order valence-electron chi connectivity index (χ3n) is 5.38. The largest absolute Gasteiger partial charge is 0.494 e. The van der Waals surface area contributed by atoms with Crippen LogP contribution in [0, 0.1) is 11.3 Å². The molecule has 1 N–H and O–H groups in total. The van der Waals surface area contributed by atoms with E-state index in [1.54, 1.807) is 37.3 Å². The molecular formula is C29H34N2O6. The minimum Gasteiger partial charge on any atom is -0.494 e. The van der Waals surface area contributed by atoms with Gasteiger partial charge in [0.25, 0.3) is 0 Å². The highest BCUT2D eigenvalue weighted by atomic mass is 16.5. The molecule has 2 aromatic rings. The molecule has 2 rings (SSSR count). The number of carbonyl (C=O) groups excluding carboxylic acids is 3. The predicted octanol–water partition coefficient (Wildman–Crippen LogP) is 5.21. The van der Waals surface area contributed by atoms with Gasteiger partial charge in [-0.05, 0) is 74.4 Å². The number of esters is 2. The minimum atomic E-state index is -0.800. The van der Waals surface area contributed by atoms with Gasteiger partial charge in [0, 0.05) is 6.08 Å². The quantitative estimate of drug-likeness (QED) is 0.162. The summed E-state index contributed by atoms with van der Waals surface area (Å²) in [5, 5.41) is 12.0. The first-order valence-electron chi connectivity index (χ1n) is 12.5. The highest BCUT2D eigenvalue weighted by molar-refractivity contribution is 5.95. The van der Waals surface area contributed by atoms with Crippen LogP contribution in [0.4, 0.5) is 0 Å². The highest BCUT2D eigenvalue weighted by Crippen LogP contribution is 2.21. The van der Waals surface area contributed by atoms with E-state index in [9.17, 15) is 19.6 Å². The lowest BCUT2D eigenvalue weighted by molar-refractivity contribution is -0.146. The van der Waals surface area contributed by atoms with Gasteiger partial charge < -0.3 is 19.5 Å². The maximum absolute atomic E-state index is 12.5. The Bertz CT molecular complexity index is 1120. The first-order chi connectivity index (χ1) is 17.9. The van der Waals surface area contributed by atoms with Crippen molar-refractivity contribution in [1.82, 2.24) is 5.32 Å². The molecule has 0 unspecified atom stereocenters.